The van der Waals surface area contributed by atoms with E-state index < -0.39 is 0 Å². The van der Waals surface area contributed by atoms with Gasteiger partial charge < -0.3 is 10.1 Å². The number of ether oxygens (including phenoxy) is 1. The van der Waals surface area contributed by atoms with Crippen molar-refractivity contribution in [3.63, 3.8) is 0 Å². The molecule has 0 radical (unpaired) electrons. The largest absolute Gasteiger partial charge is 0.377 e. The summed E-state index contributed by atoms with van der Waals surface area (Å²) in [4.78, 5) is 8.60. The normalized spacial score (nSPS) is 10.8. The van der Waals surface area contributed by atoms with E-state index in [0.29, 0.717) is 6.61 Å². The van der Waals surface area contributed by atoms with Crippen LogP contribution < -0.4 is 5.32 Å². The second-order valence-corrected chi connectivity index (χ2v) is 4.50. The van der Waals surface area contributed by atoms with Gasteiger partial charge >= 0.3 is 0 Å². The zero-order valence-electron chi connectivity index (χ0n) is 9.96. The van der Waals surface area contributed by atoms with Crippen LogP contribution in [0.2, 0.25) is 0 Å². The van der Waals surface area contributed by atoms with Crippen LogP contribution in [0.5, 0.6) is 0 Å². The standard InChI is InChI=1S/C11H18BrN3O/c1-4-10-14-9(12)7-11(15-10)13-5-6-16-8(2)3/h7-8H,4-6H2,1-3H3,(H,13,14,15). The molecule has 5 heteroatoms. The van der Waals surface area contributed by atoms with Gasteiger partial charge in [-0.1, -0.05) is 6.92 Å². The number of aromatic nitrogens is 2. The van der Waals surface area contributed by atoms with Crippen LogP contribution in [0.1, 0.15) is 26.6 Å². The van der Waals surface area contributed by atoms with Crippen molar-refractivity contribution in [2.24, 2.45) is 0 Å². The molecule has 0 aliphatic carbocycles. The highest BCUT2D eigenvalue weighted by Crippen LogP contribution is 2.12. The Morgan fingerprint density at radius 2 is 2.19 bits per heavy atom. The summed E-state index contributed by atoms with van der Waals surface area (Å²) in [6.45, 7) is 7.52. The van der Waals surface area contributed by atoms with Gasteiger partial charge in [0.1, 0.15) is 16.2 Å². The number of nitrogens with zero attached hydrogens (tertiary/aromatic N) is 2. The number of aryl methyl sites for hydroxylation is 1. The highest BCUT2D eigenvalue weighted by Gasteiger charge is 2.01. The van der Waals surface area contributed by atoms with Gasteiger partial charge in [-0.05, 0) is 29.8 Å². The van der Waals surface area contributed by atoms with Crippen LogP contribution in [0.15, 0.2) is 10.7 Å². The predicted molar refractivity (Wildman–Crippen MR) is 68.7 cm³/mol. The molecule has 1 rings (SSSR count). The topological polar surface area (TPSA) is 47.0 Å². The molecule has 0 atom stereocenters. The van der Waals surface area contributed by atoms with Crippen LogP contribution in [0.25, 0.3) is 0 Å². The lowest BCUT2D eigenvalue weighted by Gasteiger charge is -2.09. The first-order valence-electron chi connectivity index (χ1n) is 5.50. The summed E-state index contributed by atoms with van der Waals surface area (Å²) in [6, 6.07) is 1.87. The van der Waals surface area contributed by atoms with Crippen molar-refractivity contribution in [1.29, 1.82) is 0 Å². The lowest BCUT2D eigenvalue weighted by atomic mass is 10.4. The molecule has 1 heterocycles. The highest BCUT2D eigenvalue weighted by atomic mass is 79.9. The third kappa shape index (κ3) is 4.90. The quantitative estimate of drug-likeness (QED) is 0.645. The molecular formula is C11H18BrN3O. The Labute approximate surface area is 105 Å². The zero-order valence-corrected chi connectivity index (χ0v) is 11.5. The summed E-state index contributed by atoms with van der Waals surface area (Å²) in [6.07, 6.45) is 1.10. The predicted octanol–water partition coefficient (Wildman–Crippen LogP) is 2.64. The average Bonchev–Trinajstić information content (AvgIpc) is 2.23. The highest BCUT2D eigenvalue weighted by molar-refractivity contribution is 9.10. The lowest BCUT2D eigenvalue weighted by Crippen LogP contribution is -2.14. The van der Waals surface area contributed by atoms with Crippen molar-refractivity contribution in [1.82, 2.24) is 9.97 Å². The Balaban J connectivity index is 2.44. The second kappa shape index (κ2) is 6.81. The van der Waals surface area contributed by atoms with E-state index in [2.05, 4.69) is 31.2 Å². The molecule has 0 saturated heterocycles. The minimum Gasteiger partial charge on any atom is -0.377 e. The molecule has 0 fully saturated rings. The molecule has 0 aliphatic rings. The van der Waals surface area contributed by atoms with E-state index in [0.717, 1.165) is 29.2 Å². The fraction of sp³-hybridized carbons (Fsp3) is 0.636. The first-order valence-corrected chi connectivity index (χ1v) is 6.30. The minimum absolute atomic E-state index is 0.269. The molecule has 16 heavy (non-hydrogen) atoms. The van der Waals surface area contributed by atoms with Gasteiger partial charge in [0.05, 0.1) is 12.7 Å². The number of halogens is 1. The van der Waals surface area contributed by atoms with Gasteiger partial charge in [0.2, 0.25) is 0 Å². The maximum absolute atomic E-state index is 5.43. The number of hydrogen-bond donors (Lipinski definition) is 1. The van der Waals surface area contributed by atoms with Gasteiger partial charge in [-0.2, -0.15) is 0 Å². The summed E-state index contributed by atoms with van der Waals surface area (Å²) < 4.78 is 6.24. The molecule has 0 amide bonds. The SMILES string of the molecule is CCc1nc(Br)cc(NCCOC(C)C)n1. The second-order valence-electron chi connectivity index (χ2n) is 3.69. The van der Waals surface area contributed by atoms with Crippen molar-refractivity contribution in [2.75, 3.05) is 18.5 Å². The Hall–Kier alpha value is -0.680. The van der Waals surface area contributed by atoms with Gasteiger partial charge in [-0.3, -0.25) is 0 Å². The fourth-order valence-corrected chi connectivity index (χ4v) is 1.61. The minimum atomic E-state index is 0.269. The van der Waals surface area contributed by atoms with Gasteiger partial charge in [0.25, 0.3) is 0 Å². The van der Waals surface area contributed by atoms with E-state index in [4.69, 9.17) is 4.74 Å². The summed E-state index contributed by atoms with van der Waals surface area (Å²) in [5, 5.41) is 3.21. The average molecular weight is 288 g/mol. The maximum atomic E-state index is 5.43. The zero-order chi connectivity index (χ0) is 12.0. The van der Waals surface area contributed by atoms with E-state index in [1.807, 2.05) is 26.8 Å². The van der Waals surface area contributed by atoms with Gasteiger partial charge in [-0.25, -0.2) is 9.97 Å². The monoisotopic (exact) mass is 287 g/mol. The van der Waals surface area contributed by atoms with E-state index in [9.17, 15) is 0 Å². The Bertz CT molecular complexity index is 331. The molecule has 1 N–H and O–H groups in total. The van der Waals surface area contributed by atoms with Crippen molar-refractivity contribution in [3.05, 3.63) is 16.5 Å². The van der Waals surface area contributed by atoms with Crippen LogP contribution in [0.4, 0.5) is 5.82 Å². The number of nitrogens with one attached hydrogen (secondary N) is 1. The molecule has 0 bridgehead atoms. The molecule has 0 unspecified atom stereocenters. The lowest BCUT2D eigenvalue weighted by molar-refractivity contribution is 0.0870. The molecule has 4 nitrogen and oxygen atoms in total. The maximum Gasteiger partial charge on any atom is 0.131 e. The van der Waals surface area contributed by atoms with Crippen LogP contribution in [-0.4, -0.2) is 29.2 Å². The molecule has 90 valence electrons. The van der Waals surface area contributed by atoms with Gasteiger partial charge in [0, 0.05) is 19.0 Å². The number of hydrogen-bond acceptors (Lipinski definition) is 4. The van der Waals surface area contributed by atoms with Crippen LogP contribution in [0.3, 0.4) is 0 Å². The van der Waals surface area contributed by atoms with Crippen molar-refractivity contribution in [2.45, 2.75) is 33.3 Å². The molecular weight excluding hydrogens is 270 g/mol. The van der Waals surface area contributed by atoms with E-state index in [-0.39, 0.29) is 6.10 Å². The van der Waals surface area contributed by atoms with E-state index >= 15 is 0 Å². The van der Waals surface area contributed by atoms with E-state index in [1.54, 1.807) is 0 Å². The Morgan fingerprint density at radius 1 is 1.44 bits per heavy atom. The number of anilines is 1. The first kappa shape index (κ1) is 13.4. The fourth-order valence-electron chi connectivity index (χ4n) is 1.19. The molecule has 1 aromatic heterocycles. The molecule has 0 saturated carbocycles. The van der Waals surface area contributed by atoms with Crippen molar-refractivity contribution < 1.29 is 4.74 Å². The first-order chi connectivity index (χ1) is 7.61. The molecule has 0 aromatic carbocycles. The Kier molecular flexibility index (Phi) is 5.69. The third-order valence-electron chi connectivity index (χ3n) is 1.92. The van der Waals surface area contributed by atoms with Crippen molar-refractivity contribution in [3.8, 4) is 0 Å². The Morgan fingerprint density at radius 3 is 2.81 bits per heavy atom. The van der Waals surface area contributed by atoms with Crippen LogP contribution >= 0.6 is 15.9 Å². The smallest absolute Gasteiger partial charge is 0.131 e. The summed E-state index contributed by atoms with van der Waals surface area (Å²) in [7, 11) is 0. The summed E-state index contributed by atoms with van der Waals surface area (Å²) in [5.41, 5.74) is 0. The summed E-state index contributed by atoms with van der Waals surface area (Å²) >= 11 is 3.36. The molecule has 0 spiro atoms. The van der Waals surface area contributed by atoms with E-state index in [1.165, 1.54) is 0 Å². The van der Waals surface area contributed by atoms with Gasteiger partial charge in [0.15, 0.2) is 0 Å². The third-order valence-corrected chi connectivity index (χ3v) is 2.32. The van der Waals surface area contributed by atoms with Crippen LogP contribution in [0, 0.1) is 0 Å². The number of rotatable bonds is 6. The van der Waals surface area contributed by atoms with Crippen molar-refractivity contribution >= 4 is 21.7 Å². The molecule has 0 aliphatic heterocycles. The van der Waals surface area contributed by atoms with Gasteiger partial charge in [-0.15, -0.1) is 0 Å². The molecule has 1 aromatic rings. The summed E-state index contributed by atoms with van der Waals surface area (Å²) in [5.74, 6) is 1.67. The van der Waals surface area contributed by atoms with Crippen LogP contribution in [-0.2, 0) is 11.2 Å².